The van der Waals surface area contributed by atoms with Gasteiger partial charge in [-0.15, -0.1) is 5.10 Å². The van der Waals surface area contributed by atoms with Gasteiger partial charge in [-0.3, -0.25) is 10.5 Å². The largest absolute Gasteiger partial charge is 0.478 e. The van der Waals surface area contributed by atoms with Crippen LogP contribution < -0.4 is 15.0 Å². The number of nitrogens with two attached hydrogens (primary N) is 1. The maximum atomic E-state index is 12.2. The van der Waals surface area contributed by atoms with E-state index in [1.165, 1.54) is 33.8 Å². The molecule has 2 N–H and O–H groups in total. The molecule has 25 heavy (non-hydrogen) atoms. The molecule has 0 aliphatic carbocycles. The quantitative estimate of drug-likeness (QED) is 0.573. The summed E-state index contributed by atoms with van der Waals surface area (Å²) in [6, 6.07) is 2.88. The number of halogens is 3. The van der Waals surface area contributed by atoms with Crippen molar-refractivity contribution in [3.05, 3.63) is 36.4 Å². The number of pyridine rings is 1. The maximum Gasteiger partial charge on any atom is 0.422 e. The van der Waals surface area contributed by atoms with Gasteiger partial charge in [0.15, 0.2) is 24.2 Å². The Morgan fingerprint density at radius 2 is 2.24 bits per heavy atom. The fraction of sp³-hybridized carbons (Fsp3) is 0.429. The van der Waals surface area contributed by atoms with Gasteiger partial charge in [-0.2, -0.15) is 17.7 Å². The van der Waals surface area contributed by atoms with Crippen LogP contribution in [0.1, 0.15) is 18.8 Å². The van der Waals surface area contributed by atoms with E-state index in [4.69, 9.17) is 10.5 Å². The number of hydrogen-bond donors (Lipinski definition) is 1. The summed E-state index contributed by atoms with van der Waals surface area (Å²) >= 11 is 0. The van der Waals surface area contributed by atoms with Gasteiger partial charge in [-0.25, -0.2) is 4.68 Å². The minimum atomic E-state index is -4.43. The van der Waals surface area contributed by atoms with E-state index in [-0.39, 0.29) is 18.9 Å². The SMILES string of the molecule is CCOC(=O)Cn1cc([C@@H](N)[n+]2cccc(OCC(F)(F)F)c2)nn1. The Kier molecular flexibility index (Phi) is 5.91. The molecule has 0 bridgehead atoms. The number of aromatic nitrogens is 4. The van der Waals surface area contributed by atoms with Gasteiger partial charge in [0, 0.05) is 6.07 Å². The van der Waals surface area contributed by atoms with Crippen molar-refractivity contribution >= 4 is 5.97 Å². The molecule has 0 fully saturated rings. The second-order valence-electron chi connectivity index (χ2n) is 4.98. The first kappa shape index (κ1) is 18.6. The van der Waals surface area contributed by atoms with E-state index in [0.29, 0.717) is 5.69 Å². The Morgan fingerprint density at radius 3 is 2.92 bits per heavy atom. The molecule has 0 aliphatic heterocycles. The van der Waals surface area contributed by atoms with Crippen LogP contribution in [0.5, 0.6) is 5.75 Å². The lowest BCUT2D eigenvalue weighted by atomic mass is 10.3. The summed E-state index contributed by atoms with van der Waals surface area (Å²) in [5, 5.41) is 7.63. The average molecular weight is 360 g/mol. The highest BCUT2D eigenvalue weighted by Crippen LogP contribution is 2.17. The second kappa shape index (κ2) is 7.92. The summed E-state index contributed by atoms with van der Waals surface area (Å²) in [5.41, 5.74) is 6.34. The molecule has 0 aromatic carbocycles. The minimum Gasteiger partial charge on any atom is -0.478 e. The van der Waals surface area contributed by atoms with Crippen molar-refractivity contribution in [3.63, 3.8) is 0 Å². The van der Waals surface area contributed by atoms with E-state index in [9.17, 15) is 18.0 Å². The molecule has 0 spiro atoms. The van der Waals surface area contributed by atoms with Crippen molar-refractivity contribution in [2.24, 2.45) is 5.73 Å². The first-order valence-electron chi connectivity index (χ1n) is 7.30. The number of ether oxygens (including phenoxy) is 2. The molecule has 2 heterocycles. The highest BCUT2D eigenvalue weighted by Gasteiger charge is 2.29. The minimum absolute atomic E-state index is 0.00851. The van der Waals surface area contributed by atoms with Crippen LogP contribution in [0.2, 0.25) is 0 Å². The van der Waals surface area contributed by atoms with Gasteiger partial charge in [0.05, 0.1) is 12.8 Å². The molecule has 0 radical (unpaired) electrons. The Labute approximate surface area is 140 Å². The van der Waals surface area contributed by atoms with Crippen molar-refractivity contribution < 1.29 is 32.0 Å². The smallest absolute Gasteiger partial charge is 0.422 e. The number of carbonyl (C=O) groups is 1. The van der Waals surface area contributed by atoms with Crippen LogP contribution in [-0.2, 0) is 16.1 Å². The van der Waals surface area contributed by atoms with Crippen LogP contribution in [0.4, 0.5) is 13.2 Å². The van der Waals surface area contributed by atoms with Crippen molar-refractivity contribution in [1.29, 1.82) is 0 Å². The fourth-order valence-electron chi connectivity index (χ4n) is 1.91. The molecule has 2 rings (SSSR count). The molecule has 0 aliphatic rings. The summed E-state index contributed by atoms with van der Waals surface area (Å²) in [6.45, 7) is 0.417. The zero-order chi connectivity index (χ0) is 18.4. The van der Waals surface area contributed by atoms with Crippen molar-refractivity contribution in [3.8, 4) is 5.75 Å². The summed E-state index contributed by atoms with van der Waals surface area (Å²) in [7, 11) is 0. The van der Waals surface area contributed by atoms with Crippen LogP contribution in [0.25, 0.3) is 0 Å². The molecule has 2 aromatic rings. The van der Waals surface area contributed by atoms with E-state index in [1.807, 2.05) is 0 Å². The number of alkyl halides is 3. The molecule has 0 saturated heterocycles. The Balaban J connectivity index is 2.06. The van der Waals surface area contributed by atoms with Gasteiger partial charge in [0.2, 0.25) is 6.20 Å². The normalized spacial score (nSPS) is 12.7. The molecule has 8 nitrogen and oxygen atoms in total. The van der Waals surface area contributed by atoms with E-state index in [1.54, 1.807) is 13.1 Å². The van der Waals surface area contributed by atoms with Gasteiger partial charge in [0.25, 0.3) is 6.17 Å². The average Bonchev–Trinajstić information content (AvgIpc) is 3.00. The zero-order valence-electron chi connectivity index (χ0n) is 13.3. The highest BCUT2D eigenvalue weighted by atomic mass is 19.4. The lowest BCUT2D eigenvalue weighted by Gasteiger charge is -2.09. The van der Waals surface area contributed by atoms with Crippen LogP contribution in [0.3, 0.4) is 0 Å². The number of hydrogen-bond acceptors (Lipinski definition) is 6. The predicted molar refractivity (Wildman–Crippen MR) is 77.2 cm³/mol. The summed E-state index contributed by atoms with van der Waals surface area (Å²) < 4.78 is 48.8. The third-order valence-electron chi connectivity index (χ3n) is 2.97. The molecule has 11 heteroatoms. The highest BCUT2D eigenvalue weighted by molar-refractivity contribution is 5.68. The number of nitrogens with zero attached hydrogens (tertiary/aromatic N) is 4. The third-order valence-corrected chi connectivity index (χ3v) is 2.97. The lowest BCUT2D eigenvalue weighted by Crippen LogP contribution is -2.45. The second-order valence-corrected chi connectivity index (χ2v) is 4.98. The number of rotatable bonds is 7. The number of carbonyl (C=O) groups excluding carboxylic acids is 1. The summed E-state index contributed by atoms with van der Waals surface area (Å²) in [4.78, 5) is 11.4. The van der Waals surface area contributed by atoms with Crippen LogP contribution in [-0.4, -0.2) is 40.4 Å². The van der Waals surface area contributed by atoms with Crippen molar-refractivity contribution in [1.82, 2.24) is 15.0 Å². The zero-order valence-corrected chi connectivity index (χ0v) is 13.3. The molecular weight excluding hydrogens is 343 g/mol. The van der Waals surface area contributed by atoms with Gasteiger partial charge >= 0.3 is 12.1 Å². The van der Waals surface area contributed by atoms with Gasteiger partial charge in [-0.05, 0) is 13.0 Å². The Hall–Kier alpha value is -2.69. The first-order chi connectivity index (χ1) is 11.8. The van der Waals surface area contributed by atoms with Gasteiger partial charge in [0.1, 0.15) is 6.54 Å². The number of esters is 1. The van der Waals surface area contributed by atoms with Crippen LogP contribution >= 0.6 is 0 Å². The molecule has 1 atom stereocenters. The van der Waals surface area contributed by atoms with E-state index in [2.05, 4.69) is 15.0 Å². The van der Waals surface area contributed by atoms with Crippen molar-refractivity contribution in [2.45, 2.75) is 25.8 Å². The summed E-state index contributed by atoms with van der Waals surface area (Å²) in [5.74, 6) is -0.461. The Morgan fingerprint density at radius 1 is 1.48 bits per heavy atom. The van der Waals surface area contributed by atoms with E-state index in [0.717, 1.165) is 0 Å². The lowest BCUT2D eigenvalue weighted by molar-refractivity contribution is -0.714. The molecule has 136 valence electrons. The standard InChI is InChI=1S/C14H17F3N5O3/c1-2-24-12(23)8-22-7-11(19-20-22)13(18)21-5-3-4-10(6-21)25-9-14(15,16)17/h3-7,13H,2,8-9,18H2,1H3/q+1/t13-/m0/s1. The maximum absolute atomic E-state index is 12.2. The predicted octanol–water partition coefficient (Wildman–Crippen LogP) is 0.575. The molecule has 0 amide bonds. The summed E-state index contributed by atoms with van der Waals surface area (Å²) in [6.07, 6.45) is -0.919. The van der Waals surface area contributed by atoms with Gasteiger partial charge in [-0.1, -0.05) is 5.21 Å². The van der Waals surface area contributed by atoms with Crippen LogP contribution in [0, 0.1) is 0 Å². The van der Waals surface area contributed by atoms with E-state index < -0.39 is 24.9 Å². The Bertz CT molecular complexity index is 720. The topological polar surface area (TPSA) is 96.1 Å². The third kappa shape index (κ3) is 5.71. The van der Waals surface area contributed by atoms with Crippen LogP contribution in [0.15, 0.2) is 30.7 Å². The van der Waals surface area contributed by atoms with E-state index >= 15 is 0 Å². The molecule has 0 unspecified atom stereocenters. The fourth-order valence-corrected chi connectivity index (χ4v) is 1.91. The molecule has 0 saturated carbocycles. The van der Waals surface area contributed by atoms with Crippen molar-refractivity contribution in [2.75, 3.05) is 13.2 Å². The molecular formula is C14H17F3N5O3+. The first-order valence-corrected chi connectivity index (χ1v) is 7.30. The molecule has 2 aromatic heterocycles. The monoisotopic (exact) mass is 360 g/mol. The van der Waals surface area contributed by atoms with Gasteiger partial charge < -0.3 is 9.47 Å².